The molecule has 26 heavy (non-hydrogen) atoms. The molecule has 1 fully saturated rings. The Morgan fingerprint density at radius 1 is 1.12 bits per heavy atom. The predicted octanol–water partition coefficient (Wildman–Crippen LogP) is 3.84. The van der Waals surface area contributed by atoms with Gasteiger partial charge in [0.15, 0.2) is 9.84 Å². The van der Waals surface area contributed by atoms with E-state index in [1.807, 2.05) is 0 Å². The lowest BCUT2D eigenvalue weighted by Gasteiger charge is -2.30. The van der Waals surface area contributed by atoms with Gasteiger partial charge in [-0.1, -0.05) is 23.2 Å². The van der Waals surface area contributed by atoms with Gasteiger partial charge in [0.2, 0.25) is 0 Å². The molecule has 0 bridgehead atoms. The van der Waals surface area contributed by atoms with Gasteiger partial charge < -0.3 is 9.64 Å². The third-order valence-electron chi connectivity index (χ3n) is 4.28. The van der Waals surface area contributed by atoms with Crippen LogP contribution in [0.5, 0.6) is 5.75 Å². The summed E-state index contributed by atoms with van der Waals surface area (Å²) in [4.78, 5) is 14.7. The number of hydrogen-bond donors (Lipinski definition) is 0. The average Bonchev–Trinajstić information content (AvgIpc) is 2.95. The summed E-state index contributed by atoms with van der Waals surface area (Å²) in [5.41, 5.74) is 0.850. The number of amides is 1. The van der Waals surface area contributed by atoms with Crippen LogP contribution in [0, 0.1) is 0 Å². The highest BCUT2D eigenvalue weighted by atomic mass is 35.5. The molecule has 0 spiro atoms. The second kappa shape index (κ2) is 7.47. The summed E-state index contributed by atoms with van der Waals surface area (Å²) in [6, 6.07) is 10.9. The fourth-order valence-corrected chi connectivity index (χ4v) is 5.03. The number of benzene rings is 2. The zero-order valence-electron chi connectivity index (χ0n) is 14.0. The Kier molecular flexibility index (Phi) is 5.46. The first-order valence-electron chi connectivity index (χ1n) is 7.94. The molecule has 2 aromatic carbocycles. The van der Waals surface area contributed by atoms with Crippen molar-refractivity contribution in [2.45, 2.75) is 12.5 Å². The Hall–Kier alpha value is -1.76. The SMILES string of the molecule is COc1ccc(Cl)cc1N(C(=O)c1ccc(Cl)cc1)C1CCS(=O)(=O)C1. The number of nitrogens with zero attached hydrogens (tertiary/aromatic N) is 1. The number of methoxy groups -OCH3 is 1. The van der Waals surface area contributed by atoms with Crippen molar-refractivity contribution in [3.8, 4) is 5.75 Å². The lowest BCUT2D eigenvalue weighted by atomic mass is 10.1. The van der Waals surface area contributed by atoms with E-state index in [1.54, 1.807) is 42.5 Å². The van der Waals surface area contributed by atoms with Gasteiger partial charge in [-0.15, -0.1) is 0 Å². The molecule has 1 unspecified atom stereocenters. The van der Waals surface area contributed by atoms with E-state index in [9.17, 15) is 13.2 Å². The standard InChI is InChI=1S/C18H17Cl2NO4S/c1-25-17-7-6-14(20)10-16(17)21(15-8-9-26(23,24)11-15)18(22)12-2-4-13(19)5-3-12/h2-7,10,15H,8-9,11H2,1H3. The van der Waals surface area contributed by atoms with E-state index in [1.165, 1.54) is 12.0 Å². The molecule has 0 radical (unpaired) electrons. The van der Waals surface area contributed by atoms with E-state index < -0.39 is 15.9 Å². The van der Waals surface area contributed by atoms with Crippen molar-refractivity contribution in [1.29, 1.82) is 0 Å². The number of carbonyl (C=O) groups excluding carboxylic acids is 1. The molecule has 1 aliphatic heterocycles. The van der Waals surface area contributed by atoms with E-state index in [0.29, 0.717) is 33.5 Å². The molecule has 0 N–H and O–H groups in total. The molecule has 2 aromatic rings. The van der Waals surface area contributed by atoms with Gasteiger partial charge in [0.25, 0.3) is 5.91 Å². The molecule has 138 valence electrons. The van der Waals surface area contributed by atoms with Crippen LogP contribution in [0.1, 0.15) is 16.8 Å². The Labute approximate surface area is 162 Å². The highest BCUT2D eigenvalue weighted by Gasteiger charge is 2.37. The van der Waals surface area contributed by atoms with Gasteiger partial charge in [0, 0.05) is 15.6 Å². The van der Waals surface area contributed by atoms with E-state index in [0.717, 1.165) is 0 Å². The summed E-state index contributed by atoms with van der Waals surface area (Å²) in [5, 5.41) is 0.937. The first-order chi connectivity index (χ1) is 12.3. The molecule has 1 saturated heterocycles. The van der Waals surface area contributed by atoms with Gasteiger partial charge in [0.05, 0.1) is 30.3 Å². The largest absolute Gasteiger partial charge is 0.495 e. The normalized spacial score (nSPS) is 18.5. The summed E-state index contributed by atoms with van der Waals surface area (Å²) < 4.78 is 29.4. The predicted molar refractivity (Wildman–Crippen MR) is 103 cm³/mol. The van der Waals surface area contributed by atoms with Crippen molar-refractivity contribution < 1.29 is 17.9 Å². The van der Waals surface area contributed by atoms with E-state index >= 15 is 0 Å². The highest BCUT2D eigenvalue weighted by Crippen LogP contribution is 2.36. The zero-order chi connectivity index (χ0) is 18.9. The Balaban J connectivity index is 2.09. The van der Waals surface area contributed by atoms with Crippen molar-refractivity contribution in [2.24, 2.45) is 0 Å². The van der Waals surface area contributed by atoms with Crippen LogP contribution in [0.25, 0.3) is 0 Å². The Morgan fingerprint density at radius 2 is 1.77 bits per heavy atom. The van der Waals surface area contributed by atoms with Crippen LogP contribution in [-0.4, -0.2) is 39.0 Å². The van der Waals surface area contributed by atoms with Crippen LogP contribution in [0.3, 0.4) is 0 Å². The average molecular weight is 414 g/mol. The molecule has 1 amide bonds. The third kappa shape index (κ3) is 3.98. The maximum absolute atomic E-state index is 13.2. The quantitative estimate of drug-likeness (QED) is 0.763. The van der Waals surface area contributed by atoms with Crippen LogP contribution >= 0.6 is 23.2 Å². The summed E-state index contributed by atoms with van der Waals surface area (Å²) in [5.74, 6) is 0.0674. The summed E-state index contributed by atoms with van der Waals surface area (Å²) >= 11 is 12.0. The van der Waals surface area contributed by atoms with Crippen LogP contribution in [0.15, 0.2) is 42.5 Å². The molecule has 0 aromatic heterocycles. The van der Waals surface area contributed by atoms with Crippen LogP contribution in [0.4, 0.5) is 5.69 Å². The molecule has 5 nitrogen and oxygen atoms in total. The molecular weight excluding hydrogens is 397 g/mol. The van der Waals surface area contributed by atoms with Crippen molar-refractivity contribution in [2.75, 3.05) is 23.5 Å². The summed E-state index contributed by atoms with van der Waals surface area (Å²) in [7, 11) is -1.70. The van der Waals surface area contributed by atoms with Crippen LogP contribution < -0.4 is 9.64 Å². The van der Waals surface area contributed by atoms with Gasteiger partial charge in [-0.25, -0.2) is 8.42 Å². The Bertz CT molecular complexity index is 929. The Morgan fingerprint density at radius 3 is 2.35 bits per heavy atom. The third-order valence-corrected chi connectivity index (χ3v) is 6.52. The van der Waals surface area contributed by atoms with Crippen molar-refractivity contribution in [1.82, 2.24) is 0 Å². The topological polar surface area (TPSA) is 63.7 Å². The number of halogens is 2. The van der Waals surface area contributed by atoms with Gasteiger partial charge >= 0.3 is 0 Å². The molecule has 0 aliphatic carbocycles. The minimum absolute atomic E-state index is 0.0466. The number of hydrogen-bond acceptors (Lipinski definition) is 4. The van der Waals surface area contributed by atoms with Crippen molar-refractivity contribution in [3.63, 3.8) is 0 Å². The van der Waals surface area contributed by atoms with E-state index in [4.69, 9.17) is 27.9 Å². The second-order valence-corrected chi connectivity index (χ2v) is 9.16. The fraction of sp³-hybridized carbons (Fsp3) is 0.278. The van der Waals surface area contributed by atoms with Gasteiger partial charge in [-0.05, 0) is 48.9 Å². The van der Waals surface area contributed by atoms with E-state index in [2.05, 4.69) is 0 Å². The summed E-state index contributed by atoms with van der Waals surface area (Å²) in [6.45, 7) is 0. The van der Waals surface area contributed by atoms with Crippen molar-refractivity contribution in [3.05, 3.63) is 58.1 Å². The minimum Gasteiger partial charge on any atom is -0.495 e. The molecular formula is C18H17Cl2NO4S. The number of anilines is 1. The van der Waals surface area contributed by atoms with Gasteiger partial charge in [0.1, 0.15) is 5.75 Å². The molecule has 1 heterocycles. The van der Waals surface area contributed by atoms with E-state index in [-0.39, 0.29) is 17.4 Å². The van der Waals surface area contributed by atoms with Crippen LogP contribution in [0.2, 0.25) is 10.0 Å². The lowest BCUT2D eigenvalue weighted by molar-refractivity contribution is 0.0978. The second-order valence-electron chi connectivity index (χ2n) is 6.06. The number of rotatable bonds is 4. The molecule has 3 rings (SSSR count). The lowest BCUT2D eigenvalue weighted by Crippen LogP contribution is -2.41. The van der Waals surface area contributed by atoms with Crippen molar-refractivity contribution >= 4 is 44.6 Å². The smallest absolute Gasteiger partial charge is 0.258 e. The maximum Gasteiger partial charge on any atom is 0.258 e. The van der Waals surface area contributed by atoms with Gasteiger partial charge in [-0.2, -0.15) is 0 Å². The zero-order valence-corrected chi connectivity index (χ0v) is 16.3. The molecule has 1 aliphatic rings. The summed E-state index contributed by atoms with van der Waals surface area (Å²) in [6.07, 6.45) is 0.358. The molecule has 0 saturated carbocycles. The minimum atomic E-state index is -3.19. The molecule has 8 heteroatoms. The number of ether oxygens (including phenoxy) is 1. The first kappa shape index (κ1) is 19.0. The number of carbonyl (C=O) groups is 1. The fourth-order valence-electron chi connectivity index (χ4n) is 3.03. The maximum atomic E-state index is 13.2. The monoisotopic (exact) mass is 413 g/mol. The highest BCUT2D eigenvalue weighted by molar-refractivity contribution is 7.91. The van der Waals surface area contributed by atoms with Crippen LogP contribution in [-0.2, 0) is 9.84 Å². The number of sulfone groups is 1. The van der Waals surface area contributed by atoms with Gasteiger partial charge in [-0.3, -0.25) is 4.79 Å². The first-order valence-corrected chi connectivity index (χ1v) is 10.5. The molecule has 1 atom stereocenters.